The highest BCUT2D eigenvalue weighted by Gasteiger charge is 2.12. The number of aromatic amines is 1. The van der Waals surface area contributed by atoms with Gasteiger partial charge in [0.05, 0.1) is 31.0 Å². The Morgan fingerprint density at radius 3 is 2.35 bits per heavy atom. The highest BCUT2D eigenvalue weighted by atomic mass is 32.2. The number of quaternary nitrogens is 1. The van der Waals surface area contributed by atoms with Crippen LogP contribution in [0, 0.1) is 0 Å². The minimum Gasteiger partial charge on any atom is -0.493 e. The molecule has 1 heterocycles. The quantitative estimate of drug-likeness (QED) is 0.309. The number of nitrogens with one attached hydrogen (secondary N) is 2. The summed E-state index contributed by atoms with van der Waals surface area (Å²) in [4.78, 5) is 20.6. The van der Waals surface area contributed by atoms with E-state index in [9.17, 15) is 9.90 Å². The summed E-state index contributed by atoms with van der Waals surface area (Å²) in [7, 11) is 0. The first-order valence-corrected chi connectivity index (χ1v) is 9.89. The molecule has 132 valence electrons. The third-order valence-corrected chi connectivity index (χ3v) is 4.78. The number of aromatic hydroxyl groups is 1. The summed E-state index contributed by atoms with van der Waals surface area (Å²) in [6, 6.07) is 0. The summed E-state index contributed by atoms with van der Waals surface area (Å²) in [6.45, 7) is 9.94. The smallest absolute Gasteiger partial charge is 0.258 e. The number of thioether (sulfide) groups is 1. The Morgan fingerprint density at radius 2 is 1.78 bits per heavy atom. The highest BCUT2D eigenvalue weighted by molar-refractivity contribution is 7.99. The Balaban J connectivity index is 2.56. The summed E-state index contributed by atoms with van der Waals surface area (Å²) in [5.74, 6) is 0.797. The van der Waals surface area contributed by atoms with Crippen molar-refractivity contribution in [1.82, 2.24) is 9.97 Å². The summed E-state index contributed by atoms with van der Waals surface area (Å²) in [5, 5.41) is 10.5. The van der Waals surface area contributed by atoms with E-state index in [1.54, 1.807) is 4.90 Å². The zero-order valence-corrected chi connectivity index (χ0v) is 15.6. The average molecular weight is 343 g/mol. The summed E-state index contributed by atoms with van der Waals surface area (Å²) in [5.41, 5.74) is 0.231. The van der Waals surface area contributed by atoms with Crippen LogP contribution in [-0.4, -0.2) is 40.5 Å². The number of hydrogen-bond acceptors (Lipinski definition) is 4. The minimum atomic E-state index is -0.192. The van der Waals surface area contributed by atoms with E-state index in [1.807, 2.05) is 0 Å². The molecule has 1 aromatic heterocycles. The molecule has 0 bridgehead atoms. The molecule has 0 spiro atoms. The third kappa shape index (κ3) is 7.40. The van der Waals surface area contributed by atoms with Gasteiger partial charge in [0.15, 0.2) is 5.16 Å². The molecular formula is C17H32N3O2S+. The second kappa shape index (κ2) is 11.5. The van der Waals surface area contributed by atoms with Gasteiger partial charge in [-0.25, -0.2) is 0 Å². The lowest BCUT2D eigenvalue weighted by atomic mass is 10.1. The molecule has 0 fully saturated rings. The van der Waals surface area contributed by atoms with E-state index in [2.05, 4.69) is 30.7 Å². The standard InChI is InChI=1S/C17H31N3O2S/c1-4-7-8-9-14-15(21)18-17(19-16(14)22)23-13-12-20(10-5-2)11-6-3/h4-13H2,1-3H3,(H2,18,19,21,22)/p+1. The molecule has 0 amide bonds. The van der Waals surface area contributed by atoms with Crippen molar-refractivity contribution in [2.75, 3.05) is 25.4 Å². The molecule has 0 aromatic carbocycles. The fraction of sp³-hybridized carbons (Fsp3) is 0.765. The van der Waals surface area contributed by atoms with Crippen LogP contribution in [-0.2, 0) is 6.42 Å². The van der Waals surface area contributed by atoms with Gasteiger partial charge < -0.3 is 15.0 Å². The van der Waals surface area contributed by atoms with Crippen molar-refractivity contribution in [2.24, 2.45) is 0 Å². The van der Waals surface area contributed by atoms with Gasteiger partial charge in [0, 0.05) is 0 Å². The number of H-pyrrole nitrogens is 1. The first-order chi connectivity index (χ1) is 11.1. The van der Waals surface area contributed by atoms with Crippen LogP contribution in [0.5, 0.6) is 5.88 Å². The van der Waals surface area contributed by atoms with Crippen LogP contribution in [0.15, 0.2) is 9.95 Å². The molecule has 6 heteroatoms. The van der Waals surface area contributed by atoms with E-state index in [1.165, 1.54) is 37.7 Å². The lowest BCUT2D eigenvalue weighted by Crippen LogP contribution is -3.12. The Kier molecular flexibility index (Phi) is 10.0. The largest absolute Gasteiger partial charge is 0.493 e. The average Bonchev–Trinajstić information content (AvgIpc) is 2.50. The number of rotatable bonds is 12. The maximum absolute atomic E-state index is 12.1. The van der Waals surface area contributed by atoms with E-state index in [4.69, 9.17) is 0 Å². The van der Waals surface area contributed by atoms with Crippen LogP contribution in [0.4, 0.5) is 0 Å². The lowest BCUT2D eigenvalue weighted by molar-refractivity contribution is -0.897. The highest BCUT2D eigenvalue weighted by Crippen LogP contribution is 2.17. The van der Waals surface area contributed by atoms with Crippen LogP contribution < -0.4 is 10.5 Å². The number of unbranched alkanes of at least 4 members (excludes halogenated alkanes) is 2. The van der Waals surface area contributed by atoms with Crippen LogP contribution >= 0.6 is 11.8 Å². The molecule has 1 aromatic rings. The van der Waals surface area contributed by atoms with Crippen molar-refractivity contribution in [2.45, 2.75) is 64.5 Å². The molecule has 3 N–H and O–H groups in total. The van der Waals surface area contributed by atoms with Gasteiger partial charge in [-0.15, -0.1) is 0 Å². The SMILES string of the molecule is CCCCCc1c(O)nc(SCC[NH+](CCC)CCC)[nH]c1=O. The molecule has 0 aliphatic carbocycles. The van der Waals surface area contributed by atoms with Crippen LogP contribution in [0.3, 0.4) is 0 Å². The Hall–Kier alpha value is -1.01. The normalized spacial score (nSPS) is 11.3. The second-order valence-electron chi connectivity index (χ2n) is 5.98. The van der Waals surface area contributed by atoms with Crippen LogP contribution in [0.25, 0.3) is 0 Å². The first kappa shape index (κ1) is 20.0. The number of aromatic nitrogens is 2. The summed E-state index contributed by atoms with van der Waals surface area (Å²) in [6.07, 6.45) is 6.02. The molecule has 0 unspecified atom stereocenters. The molecule has 0 aliphatic rings. The third-order valence-electron chi connectivity index (χ3n) is 3.90. The predicted molar refractivity (Wildman–Crippen MR) is 96.6 cm³/mol. The van der Waals surface area contributed by atoms with Crippen molar-refractivity contribution < 1.29 is 10.0 Å². The van der Waals surface area contributed by atoms with E-state index in [-0.39, 0.29) is 11.4 Å². The molecular weight excluding hydrogens is 310 g/mol. The van der Waals surface area contributed by atoms with Gasteiger partial charge in [-0.1, -0.05) is 45.4 Å². The van der Waals surface area contributed by atoms with Gasteiger partial charge >= 0.3 is 0 Å². The van der Waals surface area contributed by atoms with Crippen LogP contribution in [0.1, 0.15) is 58.4 Å². The van der Waals surface area contributed by atoms with Gasteiger partial charge in [0.2, 0.25) is 5.88 Å². The minimum absolute atomic E-state index is 0.0985. The van der Waals surface area contributed by atoms with Crippen molar-refractivity contribution in [1.29, 1.82) is 0 Å². The second-order valence-corrected chi connectivity index (χ2v) is 7.06. The Morgan fingerprint density at radius 1 is 1.09 bits per heavy atom. The van der Waals surface area contributed by atoms with Crippen molar-refractivity contribution in [3.05, 3.63) is 15.9 Å². The lowest BCUT2D eigenvalue weighted by Gasteiger charge is -2.17. The maximum Gasteiger partial charge on any atom is 0.258 e. The van der Waals surface area contributed by atoms with Crippen molar-refractivity contribution in [3.8, 4) is 5.88 Å². The van der Waals surface area contributed by atoms with Gasteiger partial charge in [-0.2, -0.15) is 4.98 Å². The molecule has 5 nitrogen and oxygen atoms in total. The summed E-state index contributed by atoms with van der Waals surface area (Å²) >= 11 is 1.52. The van der Waals surface area contributed by atoms with E-state index < -0.39 is 0 Å². The summed E-state index contributed by atoms with van der Waals surface area (Å²) < 4.78 is 0. The molecule has 0 radical (unpaired) electrons. The molecule has 1 rings (SSSR count). The number of hydrogen-bond donors (Lipinski definition) is 3. The fourth-order valence-electron chi connectivity index (χ4n) is 2.69. The fourth-order valence-corrected chi connectivity index (χ4v) is 3.59. The van der Waals surface area contributed by atoms with Crippen molar-refractivity contribution >= 4 is 11.8 Å². The topological polar surface area (TPSA) is 70.4 Å². The van der Waals surface area contributed by atoms with Gasteiger partial charge in [0.1, 0.15) is 0 Å². The maximum atomic E-state index is 12.1. The van der Waals surface area contributed by atoms with Gasteiger partial charge in [-0.3, -0.25) is 4.79 Å². The van der Waals surface area contributed by atoms with E-state index in [0.717, 1.165) is 31.6 Å². The zero-order chi connectivity index (χ0) is 17.1. The Bertz CT molecular complexity index is 499. The van der Waals surface area contributed by atoms with Gasteiger partial charge in [-0.05, 0) is 25.7 Å². The first-order valence-electron chi connectivity index (χ1n) is 8.90. The van der Waals surface area contributed by atoms with E-state index >= 15 is 0 Å². The zero-order valence-electron chi connectivity index (χ0n) is 14.8. The predicted octanol–water partition coefficient (Wildman–Crippen LogP) is 2.01. The van der Waals surface area contributed by atoms with Gasteiger partial charge in [0.25, 0.3) is 5.56 Å². The number of nitrogens with zero attached hydrogens (tertiary/aromatic N) is 1. The Labute approximate surface area is 143 Å². The van der Waals surface area contributed by atoms with Crippen molar-refractivity contribution in [3.63, 3.8) is 0 Å². The molecule has 0 atom stereocenters. The molecule has 0 saturated carbocycles. The molecule has 23 heavy (non-hydrogen) atoms. The molecule has 0 aliphatic heterocycles. The van der Waals surface area contributed by atoms with Crippen LogP contribution in [0.2, 0.25) is 0 Å². The monoisotopic (exact) mass is 342 g/mol. The molecule has 0 saturated heterocycles. The van der Waals surface area contributed by atoms with E-state index in [0.29, 0.717) is 17.1 Å².